The summed E-state index contributed by atoms with van der Waals surface area (Å²) in [5.41, 5.74) is 0.545. The number of hydrogen-bond acceptors (Lipinski definition) is 3. The van der Waals surface area contributed by atoms with Crippen LogP contribution in [0.3, 0.4) is 0 Å². The molecule has 1 aliphatic carbocycles. The molecular weight excluding hydrogens is 306 g/mol. The fourth-order valence-corrected chi connectivity index (χ4v) is 3.59. The van der Waals surface area contributed by atoms with Gasteiger partial charge in [0.2, 0.25) is 0 Å². The molecule has 1 aliphatic heterocycles. The van der Waals surface area contributed by atoms with Crippen molar-refractivity contribution in [3.8, 4) is 0 Å². The molecule has 0 radical (unpaired) electrons. The van der Waals surface area contributed by atoms with E-state index >= 15 is 0 Å². The molecule has 1 N–H and O–H groups in total. The minimum absolute atomic E-state index is 0.0161. The van der Waals surface area contributed by atoms with Gasteiger partial charge in [-0.15, -0.1) is 0 Å². The number of benzene rings is 1. The largest absolute Gasteiger partial charge is 0.332 e. The van der Waals surface area contributed by atoms with E-state index in [0.717, 1.165) is 32.1 Å². The van der Waals surface area contributed by atoms with E-state index in [2.05, 4.69) is 12.2 Å². The molecule has 24 heavy (non-hydrogen) atoms. The van der Waals surface area contributed by atoms with Crippen LogP contribution in [0.25, 0.3) is 0 Å². The van der Waals surface area contributed by atoms with Crippen molar-refractivity contribution >= 4 is 11.6 Å². The number of nitro benzene ring substituents is 1. The Bertz CT molecular complexity index is 619. The zero-order chi connectivity index (χ0) is 16.9. The number of quaternary nitrogens is 1. The number of piperazine rings is 1. The second-order valence-corrected chi connectivity index (χ2v) is 6.70. The predicted octanol–water partition coefficient (Wildman–Crippen LogP) is 1.29. The standard InChI is InChI=1S/C18H23N3O3/c22-18(16-6-8-17(9-7-16)21(23)24)20-12-10-19(11-13-20)14-15-4-2-1-3-5-15/h1-2,6-9,15H,3-5,10-14H2/p+1/t15-/m0/s1. The molecule has 1 amide bonds. The van der Waals surface area contributed by atoms with Crippen LogP contribution in [-0.4, -0.2) is 48.5 Å². The van der Waals surface area contributed by atoms with E-state index in [9.17, 15) is 14.9 Å². The molecule has 0 spiro atoms. The lowest BCUT2D eigenvalue weighted by molar-refractivity contribution is -0.907. The zero-order valence-corrected chi connectivity index (χ0v) is 13.8. The van der Waals surface area contributed by atoms with Gasteiger partial charge < -0.3 is 9.80 Å². The maximum atomic E-state index is 12.5. The average Bonchev–Trinajstić information content (AvgIpc) is 2.63. The summed E-state index contributed by atoms with van der Waals surface area (Å²) >= 11 is 0. The molecule has 1 saturated heterocycles. The van der Waals surface area contributed by atoms with Gasteiger partial charge in [-0.3, -0.25) is 14.9 Å². The Balaban J connectivity index is 1.51. The van der Waals surface area contributed by atoms with Gasteiger partial charge in [-0.05, 0) is 31.4 Å². The molecule has 0 aromatic heterocycles. The van der Waals surface area contributed by atoms with E-state index in [1.165, 1.54) is 37.9 Å². The third-order valence-electron chi connectivity index (χ3n) is 5.04. The number of rotatable bonds is 4. The monoisotopic (exact) mass is 330 g/mol. The highest BCUT2D eigenvalue weighted by molar-refractivity contribution is 5.94. The molecule has 0 saturated carbocycles. The number of nitro groups is 1. The molecular formula is C18H24N3O3+. The van der Waals surface area contributed by atoms with E-state index in [1.54, 1.807) is 17.0 Å². The lowest BCUT2D eigenvalue weighted by atomic mass is 9.94. The second kappa shape index (κ2) is 7.57. The number of allylic oxidation sites excluding steroid dienone is 2. The minimum Gasteiger partial charge on any atom is -0.332 e. The van der Waals surface area contributed by atoms with Crippen molar-refractivity contribution in [2.45, 2.75) is 19.3 Å². The van der Waals surface area contributed by atoms with Crippen LogP contribution in [0.15, 0.2) is 36.4 Å². The van der Waals surface area contributed by atoms with E-state index < -0.39 is 4.92 Å². The van der Waals surface area contributed by atoms with Crippen molar-refractivity contribution in [3.63, 3.8) is 0 Å². The van der Waals surface area contributed by atoms with Crippen molar-refractivity contribution < 1.29 is 14.6 Å². The average molecular weight is 330 g/mol. The summed E-state index contributed by atoms with van der Waals surface area (Å²) in [6.45, 7) is 4.68. The quantitative estimate of drug-likeness (QED) is 0.514. The van der Waals surface area contributed by atoms with Gasteiger partial charge in [-0.25, -0.2) is 0 Å². The second-order valence-electron chi connectivity index (χ2n) is 6.70. The summed E-state index contributed by atoms with van der Waals surface area (Å²) in [5.74, 6) is 0.756. The summed E-state index contributed by atoms with van der Waals surface area (Å²) in [5, 5.41) is 10.7. The third-order valence-corrected chi connectivity index (χ3v) is 5.04. The lowest BCUT2D eigenvalue weighted by Crippen LogP contribution is -3.15. The normalized spacial score (nSPS) is 21.7. The van der Waals surface area contributed by atoms with Crippen LogP contribution < -0.4 is 4.90 Å². The van der Waals surface area contributed by atoms with Gasteiger partial charge in [0.25, 0.3) is 11.6 Å². The van der Waals surface area contributed by atoms with Gasteiger partial charge in [-0.2, -0.15) is 0 Å². The minimum atomic E-state index is -0.448. The van der Waals surface area contributed by atoms with Crippen LogP contribution >= 0.6 is 0 Å². The fourth-order valence-electron chi connectivity index (χ4n) is 3.59. The van der Waals surface area contributed by atoms with Crippen LogP contribution in [0.4, 0.5) is 5.69 Å². The van der Waals surface area contributed by atoms with E-state index in [-0.39, 0.29) is 11.6 Å². The predicted molar refractivity (Wildman–Crippen MR) is 91.0 cm³/mol. The highest BCUT2D eigenvalue weighted by Gasteiger charge is 2.26. The zero-order valence-electron chi connectivity index (χ0n) is 13.8. The molecule has 1 atom stereocenters. The van der Waals surface area contributed by atoms with Crippen molar-refractivity contribution in [1.82, 2.24) is 4.90 Å². The Morgan fingerprint density at radius 3 is 2.50 bits per heavy atom. The first kappa shape index (κ1) is 16.6. The number of nitrogens with one attached hydrogen (secondary N) is 1. The molecule has 6 heteroatoms. The smallest absolute Gasteiger partial charge is 0.269 e. The van der Waals surface area contributed by atoms with Crippen LogP contribution in [0, 0.1) is 16.0 Å². The Morgan fingerprint density at radius 2 is 1.92 bits per heavy atom. The number of carbonyl (C=O) groups is 1. The molecule has 1 aromatic rings. The summed E-state index contributed by atoms with van der Waals surface area (Å²) in [6, 6.07) is 5.89. The van der Waals surface area contributed by atoms with Crippen molar-refractivity contribution in [1.29, 1.82) is 0 Å². The molecule has 6 nitrogen and oxygen atoms in total. The van der Waals surface area contributed by atoms with Crippen LogP contribution in [0.1, 0.15) is 29.6 Å². The first-order valence-corrected chi connectivity index (χ1v) is 8.66. The van der Waals surface area contributed by atoms with Gasteiger partial charge in [0, 0.05) is 23.6 Å². The van der Waals surface area contributed by atoms with Gasteiger partial charge in [0.05, 0.1) is 37.6 Å². The number of non-ortho nitro benzene ring substituents is 1. The van der Waals surface area contributed by atoms with Crippen molar-refractivity contribution in [3.05, 3.63) is 52.1 Å². The van der Waals surface area contributed by atoms with E-state index in [0.29, 0.717) is 5.56 Å². The molecule has 2 aliphatic rings. The third kappa shape index (κ3) is 4.00. The molecule has 1 aromatic carbocycles. The van der Waals surface area contributed by atoms with Gasteiger partial charge in [-0.1, -0.05) is 12.2 Å². The van der Waals surface area contributed by atoms with E-state index in [4.69, 9.17) is 0 Å². The van der Waals surface area contributed by atoms with Crippen LogP contribution in [-0.2, 0) is 0 Å². The van der Waals surface area contributed by atoms with E-state index in [1.807, 2.05) is 4.90 Å². The topological polar surface area (TPSA) is 67.9 Å². The maximum Gasteiger partial charge on any atom is 0.269 e. The first-order chi connectivity index (χ1) is 11.6. The number of nitrogens with zero attached hydrogens (tertiary/aromatic N) is 2. The molecule has 1 heterocycles. The summed E-state index contributed by atoms with van der Waals surface area (Å²) < 4.78 is 0. The van der Waals surface area contributed by atoms with Gasteiger partial charge in [0.15, 0.2) is 0 Å². The Kier molecular flexibility index (Phi) is 5.25. The van der Waals surface area contributed by atoms with Gasteiger partial charge >= 0.3 is 0 Å². The van der Waals surface area contributed by atoms with Crippen LogP contribution in [0.5, 0.6) is 0 Å². The molecule has 3 rings (SSSR count). The maximum absolute atomic E-state index is 12.5. The molecule has 1 fully saturated rings. The Hall–Kier alpha value is -2.21. The Labute approximate surface area is 141 Å². The highest BCUT2D eigenvalue weighted by atomic mass is 16.6. The lowest BCUT2D eigenvalue weighted by Gasteiger charge is -2.34. The molecule has 0 unspecified atom stereocenters. The Morgan fingerprint density at radius 1 is 1.21 bits per heavy atom. The summed E-state index contributed by atoms with van der Waals surface area (Å²) in [7, 11) is 0. The van der Waals surface area contributed by atoms with Crippen LogP contribution in [0.2, 0.25) is 0 Å². The highest BCUT2D eigenvalue weighted by Crippen LogP contribution is 2.16. The number of carbonyl (C=O) groups excluding carboxylic acids is 1. The summed E-state index contributed by atoms with van der Waals surface area (Å²) in [6.07, 6.45) is 8.23. The summed E-state index contributed by atoms with van der Waals surface area (Å²) in [4.78, 5) is 26.2. The first-order valence-electron chi connectivity index (χ1n) is 8.66. The SMILES string of the molecule is O=C(c1ccc([N+](=O)[O-])cc1)N1CC[NH+](C[C@H]2CC=CCC2)CC1. The van der Waals surface area contributed by atoms with Crippen molar-refractivity contribution in [2.24, 2.45) is 5.92 Å². The van der Waals surface area contributed by atoms with Gasteiger partial charge in [0.1, 0.15) is 0 Å². The van der Waals surface area contributed by atoms with Crippen molar-refractivity contribution in [2.75, 3.05) is 32.7 Å². The molecule has 0 bridgehead atoms. The number of hydrogen-bond donors (Lipinski definition) is 1. The number of amides is 1. The molecule has 128 valence electrons. The fraction of sp³-hybridized carbons (Fsp3) is 0.500.